The Labute approximate surface area is 400 Å². The molecule has 0 amide bonds. The Hall–Kier alpha value is -3.67. The summed E-state index contributed by atoms with van der Waals surface area (Å²) in [5.41, 5.74) is 0. The average Bonchev–Trinajstić information content (AvgIpc) is 3.30. The molecule has 65 heavy (non-hydrogen) atoms. The van der Waals surface area contributed by atoms with Crippen LogP contribution in [0.4, 0.5) is 0 Å². The van der Waals surface area contributed by atoms with Gasteiger partial charge in [-0.1, -0.05) is 240 Å². The maximum absolute atomic E-state index is 12.8. The maximum Gasteiger partial charge on any atom is 0.310 e. The first-order valence-corrected chi connectivity index (χ1v) is 26.7. The van der Waals surface area contributed by atoms with Crippen LogP contribution in [0.25, 0.3) is 0 Å². The van der Waals surface area contributed by atoms with Crippen molar-refractivity contribution in [1.29, 1.82) is 0 Å². The fourth-order valence-electron chi connectivity index (χ4n) is 7.18. The number of hydrogen-bond donors (Lipinski definition) is 0. The van der Waals surface area contributed by atoms with Crippen LogP contribution >= 0.6 is 0 Å². The van der Waals surface area contributed by atoms with Crippen molar-refractivity contribution in [1.82, 2.24) is 0 Å². The third-order valence-electron chi connectivity index (χ3n) is 11.1. The molecule has 0 aromatic heterocycles. The smallest absolute Gasteiger partial charge is 0.310 e. The molecular weight excluding hydrogens is 805 g/mol. The van der Waals surface area contributed by atoms with Gasteiger partial charge in [0, 0.05) is 12.8 Å². The Kier molecular flexibility index (Phi) is 50.0. The molecule has 0 saturated carbocycles. The van der Waals surface area contributed by atoms with Gasteiger partial charge in [-0.15, -0.1) is 0 Å². The summed E-state index contributed by atoms with van der Waals surface area (Å²) in [6.07, 6.45) is 69.9. The summed E-state index contributed by atoms with van der Waals surface area (Å²) in [5.74, 6) is -1.06. The van der Waals surface area contributed by atoms with Crippen LogP contribution in [0.5, 0.6) is 0 Å². The monoisotopic (exact) mass is 903 g/mol. The molecule has 0 rings (SSSR count). The van der Waals surface area contributed by atoms with Gasteiger partial charge < -0.3 is 14.2 Å². The van der Waals surface area contributed by atoms with Gasteiger partial charge in [0.05, 0.1) is 6.42 Å². The van der Waals surface area contributed by atoms with E-state index in [1.165, 1.54) is 103 Å². The zero-order valence-corrected chi connectivity index (χ0v) is 42.2. The largest absolute Gasteiger partial charge is 0.462 e. The van der Waals surface area contributed by atoms with E-state index in [9.17, 15) is 14.4 Å². The third kappa shape index (κ3) is 51.2. The highest BCUT2D eigenvalue weighted by Crippen LogP contribution is 2.15. The fraction of sp³-hybridized carbons (Fsp3) is 0.678. The molecule has 0 spiro atoms. The number of unbranched alkanes of at least 4 members (excludes halogenated alkanes) is 21. The second-order valence-electron chi connectivity index (χ2n) is 17.4. The van der Waals surface area contributed by atoms with Crippen molar-refractivity contribution < 1.29 is 28.6 Å². The van der Waals surface area contributed by atoms with Gasteiger partial charge in [-0.3, -0.25) is 14.4 Å². The Morgan fingerprint density at radius 1 is 0.338 bits per heavy atom. The maximum atomic E-state index is 12.8. The van der Waals surface area contributed by atoms with E-state index < -0.39 is 12.1 Å². The molecule has 0 radical (unpaired) electrons. The van der Waals surface area contributed by atoms with Crippen molar-refractivity contribution in [3.05, 3.63) is 97.2 Å². The number of esters is 3. The first kappa shape index (κ1) is 61.3. The summed E-state index contributed by atoms with van der Waals surface area (Å²) in [5, 5.41) is 0. The number of carbonyl (C=O) groups is 3. The lowest BCUT2D eigenvalue weighted by Gasteiger charge is -2.18. The van der Waals surface area contributed by atoms with E-state index in [1.807, 2.05) is 6.08 Å². The second-order valence-corrected chi connectivity index (χ2v) is 17.4. The molecule has 0 aliphatic heterocycles. The van der Waals surface area contributed by atoms with Crippen LogP contribution in [0.2, 0.25) is 0 Å². The molecule has 0 aliphatic carbocycles. The Bertz CT molecular complexity index is 1310. The van der Waals surface area contributed by atoms with Crippen molar-refractivity contribution in [2.45, 2.75) is 245 Å². The summed E-state index contributed by atoms with van der Waals surface area (Å²) in [6.45, 7) is 6.33. The Balaban J connectivity index is 4.50. The number of allylic oxidation sites excluding steroid dienone is 15. The molecule has 1 atom stereocenters. The molecule has 0 aromatic carbocycles. The topological polar surface area (TPSA) is 78.9 Å². The minimum absolute atomic E-state index is 0.0940. The molecular formula is C59H98O6. The molecule has 370 valence electrons. The van der Waals surface area contributed by atoms with Crippen LogP contribution in [-0.2, 0) is 28.6 Å². The van der Waals surface area contributed by atoms with Crippen molar-refractivity contribution in [2.75, 3.05) is 13.2 Å². The summed E-state index contributed by atoms with van der Waals surface area (Å²) in [7, 11) is 0. The summed E-state index contributed by atoms with van der Waals surface area (Å²) >= 11 is 0. The van der Waals surface area contributed by atoms with Crippen LogP contribution in [0.1, 0.15) is 239 Å². The SMILES string of the molecule is CC/C=C\C/C=C\C/C=C\C/C=C\C/C=C\CC(=O)OC(COC(=O)CCCCCCCCC/C=C\C/C=C\C/C=C\CC)COC(=O)CCCCCCCCCCCCCCCCC. The van der Waals surface area contributed by atoms with Crippen molar-refractivity contribution >= 4 is 17.9 Å². The van der Waals surface area contributed by atoms with E-state index in [0.29, 0.717) is 12.8 Å². The van der Waals surface area contributed by atoms with Crippen LogP contribution in [0, 0.1) is 0 Å². The molecule has 1 unspecified atom stereocenters. The zero-order valence-electron chi connectivity index (χ0n) is 42.2. The molecule has 0 bridgehead atoms. The molecule has 6 nitrogen and oxygen atoms in total. The minimum Gasteiger partial charge on any atom is -0.462 e. The first-order chi connectivity index (χ1) is 32.0. The van der Waals surface area contributed by atoms with Gasteiger partial charge in [0.15, 0.2) is 6.10 Å². The quantitative estimate of drug-likeness (QED) is 0.0262. The van der Waals surface area contributed by atoms with Gasteiger partial charge >= 0.3 is 17.9 Å². The van der Waals surface area contributed by atoms with E-state index in [4.69, 9.17) is 14.2 Å². The van der Waals surface area contributed by atoms with Gasteiger partial charge in [0.2, 0.25) is 0 Å². The van der Waals surface area contributed by atoms with Gasteiger partial charge in [-0.25, -0.2) is 0 Å². The Morgan fingerprint density at radius 3 is 1.02 bits per heavy atom. The Morgan fingerprint density at radius 2 is 0.646 bits per heavy atom. The highest BCUT2D eigenvalue weighted by Gasteiger charge is 2.19. The highest BCUT2D eigenvalue weighted by molar-refractivity contribution is 5.72. The molecule has 0 fully saturated rings. The van der Waals surface area contributed by atoms with Crippen LogP contribution in [-0.4, -0.2) is 37.2 Å². The lowest BCUT2D eigenvalue weighted by Crippen LogP contribution is -2.30. The molecule has 0 aliphatic rings. The van der Waals surface area contributed by atoms with E-state index >= 15 is 0 Å². The average molecular weight is 903 g/mol. The summed E-state index contributed by atoms with van der Waals surface area (Å²) in [4.78, 5) is 38.0. The predicted octanol–water partition coefficient (Wildman–Crippen LogP) is 17.8. The van der Waals surface area contributed by atoms with Crippen molar-refractivity contribution in [3.8, 4) is 0 Å². The van der Waals surface area contributed by atoms with E-state index in [2.05, 4.69) is 106 Å². The van der Waals surface area contributed by atoms with E-state index in [0.717, 1.165) is 96.3 Å². The minimum atomic E-state index is -0.835. The molecule has 0 aromatic rings. The number of ether oxygens (including phenoxy) is 3. The molecule has 0 saturated heterocycles. The lowest BCUT2D eigenvalue weighted by atomic mass is 10.0. The van der Waals surface area contributed by atoms with E-state index in [-0.39, 0.29) is 31.6 Å². The standard InChI is InChI=1S/C59H98O6/c1-4-7-10-13-16-19-22-25-28-29-32-34-37-40-43-46-49-52-58(61)64-55-56(65-59(62)53-50-47-44-41-38-35-31-27-24-21-18-15-12-9-6-3)54-63-57(60)51-48-45-42-39-36-33-30-26-23-20-17-14-11-8-5-2/h7,9-10,12,16,18-19,21,25,27-28,31,38,41,47,50,56H,4-6,8,11,13-15,17,20,22-24,26,29-30,32-37,39-40,42-46,48-49,51-55H2,1-3H3/b10-7-,12-9-,19-16-,21-18-,28-25-,31-27-,41-38-,50-47-. The predicted molar refractivity (Wildman–Crippen MR) is 279 cm³/mol. The number of rotatable bonds is 47. The van der Waals surface area contributed by atoms with E-state index in [1.54, 1.807) is 6.08 Å². The molecule has 0 heterocycles. The summed E-state index contributed by atoms with van der Waals surface area (Å²) < 4.78 is 16.7. The van der Waals surface area contributed by atoms with Gasteiger partial charge in [-0.2, -0.15) is 0 Å². The fourth-order valence-corrected chi connectivity index (χ4v) is 7.18. The van der Waals surface area contributed by atoms with Crippen LogP contribution in [0.3, 0.4) is 0 Å². The van der Waals surface area contributed by atoms with Gasteiger partial charge in [-0.05, 0) is 77.0 Å². The second kappa shape index (κ2) is 52.9. The first-order valence-electron chi connectivity index (χ1n) is 26.7. The van der Waals surface area contributed by atoms with Crippen molar-refractivity contribution in [3.63, 3.8) is 0 Å². The number of hydrogen-bond acceptors (Lipinski definition) is 6. The van der Waals surface area contributed by atoms with Gasteiger partial charge in [0.25, 0.3) is 0 Å². The molecule has 6 heteroatoms. The van der Waals surface area contributed by atoms with Crippen molar-refractivity contribution in [2.24, 2.45) is 0 Å². The third-order valence-corrected chi connectivity index (χ3v) is 11.1. The molecule has 0 N–H and O–H groups in total. The normalized spacial score (nSPS) is 12.8. The zero-order chi connectivity index (χ0) is 47.2. The highest BCUT2D eigenvalue weighted by atomic mass is 16.6. The van der Waals surface area contributed by atoms with Gasteiger partial charge in [0.1, 0.15) is 13.2 Å². The summed E-state index contributed by atoms with van der Waals surface area (Å²) in [6, 6.07) is 0. The van der Waals surface area contributed by atoms with Crippen LogP contribution in [0.15, 0.2) is 97.2 Å². The van der Waals surface area contributed by atoms with Crippen LogP contribution < -0.4 is 0 Å². The number of carbonyl (C=O) groups excluding carboxylic acids is 3. The lowest BCUT2D eigenvalue weighted by molar-refractivity contribution is -0.166.